The van der Waals surface area contributed by atoms with Crippen molar-refractivity contribution in [1.29, 1.82) is 0 Å². The highest BCUT2D eigenvalue weighted by atomic mass is 79.9. The maximum absolute atomic E-state index is 13.2. The third-order valence-corrected chi connectivity index (χ3v) is 6.21. The van der Waals surface area contributed by atoms with Gasteiger partial charge >= 0.3 is 0 Å². The van der Waals surface area contributed by atoms with Crippen molar-refractivity contribution in [2.75, 3.05) is 19.1 Å². The van der Waals surface area contributed by atoms with Gasteiger partial charge in [-0.3, -0.25) is 14.5 Å². The molecule has 0 radical (unpaired) electrons. The van der Waals surface area contributed by atoms with Crippen molar-refractivity contribution >= 4 is 39.1 Å². The van der Waals surface area contributed by atoms with Crippen LogP contribution >= 0.6 is 15.9 Å². The predicted octanol–water partition coefficient (Wildman–Crippen LogP) is 5.40. The number of aliphatic hydroxyl groups is 1. The zero-order chi connectivity index (χ0) is 23.7. The van der Waals surface area contributed by atoms with Crippen LogP contribution in [0.4, 0.5) is 5.69 Å². The second-order valence-electron chi connectivity index (χ2n) is 7.63. The van der Waals surface area contributed by atoms with Gasteiger partial charge in [0.2, 0.25) is 0 Å². The smallest absolute Gasteiger partial charge is 0.300 e. The summed E-state index contributed by atoms with van der Waals surface area (Å²) < 4.78 is 11.2. The van der Waals surface area contributed by atoms with Gasteiger partial charge in [-0.2, -0.15) is 0 Å². The zero-order valence-electron chi connectivity index (χ0n) is 18.3. The molecule has 1 fully saturated rings. The first-order valence-electron chi connectivity index (χ1n) is 10.2. The van der Waals surface area contributed by atoms with E-state index >= 15 is 0 Å². The number of aryl methyl sites for hydroxylation is 1. The molecule has 3 aromatic carbocycles. The van der Waals surface area contributed by atoms with Crippen molar-refractivity contribution in [3.8, 4) is 11.5 Å². The molecule has 0 aromatic heterocycles. The number of Topliss-reactive ketones (excluding diaryl/α,β-unsaturated/α-hetero) is 1. The molecule has 0 bridgehead atoms. The molecule has 33 heavy (non-hydrogen) atoms. The lowest BCUT2D eigenvalue weighted by Crippen LogP contribution is -2.29. The number of rotatable bonds is 5. The maximum Gasteiger partial charge on any atom is 0.300 e. The van der Waals surface area contributed by atoms with Crippen LogP contribution in [0.25, 0.3) is 5.76 Å². The van der Waals surface area contributed by atoms with Gasteiger partial charge in [-0.05, 0) is 70.9 Å². The van der Waals surface area contributed by atoms with E-state index in [-0.39, 0.29) is 11.3 Å². The third kappa shape index (κ3) is 4.12. The van der Waals surface area contributed by atoms with E-state index in [0.29, 0.717) is 32.8 Å². The van der Waals surface area contributed by atoms with E-state index in [1.54, 1.807) is 61.7 Å². The number of anilines is 1. The molecule has 1 N–H and O–H groups in total. The normalized spacial score (nSPS) is 17.3. The van der Waals surface area contributed by atoms with Crippen LogP contribution in [0.5, 0.6) is 11.5 Å². The Labute approximate surface area is 200 Å². The van der Waals surface area contributed by atoms with Crippen LogP contribution in [0.15, 0.2) is 76.8 Å². The van der Waals surface area contributed by atoms with E-state index in [4.69, 9.17) is 9.47 Å². The number of carbonyl (C=O) groups excluding carboxylic acids is 2. The van der Waals surface area contributed by atoms with Gasteiger partial charge in [-0.1, -0.05) is 29.8 Å². The number of carbonyl (C=O) groups is 2. The summed E-state index contributed by atoms with van der Waals surface area (Å²) >= 11 is 3.41. The average molecular weight is 508 g/mol. The maximum atomic E-state index is 13.2. The largest absolute Gasteiger partial charge is 0.507 e. The summed E-state index contributed by atoms with van der Waals surface area (Å²) in [6.07, 6.45) is 0. The zero-order valence-corrected chi connectivity index (χ0v) is 19.9. The first-order valence-corrected chi connectivity index (χ1v) is 11.0. The highest BCUT2D eigenvalue weighted by molar-refractivity contribution is 9.10. The molecule has 168 valence electrons. The summed E-state index contributed by atoms with van der Waals surface area (Å²) in [7, 11) is 3.08. The van der Waals surface area contributed by atoms with E-state index in [1.807, 2.05) is 19.1 Å². The molecule has 1 aliphatic rings. The summed E-state index contributed by atoms with van der Waals surface area (Å²) in [4.78, 5) is 27.9. The van der Waals surface area contributed by atoms with Gasteiger partial charge in [0.25, 0.3) is 11.7 Å². The Morgan fingerprint density at radius 3 is 2.33 bits per heavy atom. The summed E-state index contributed by atoms with van der Waals surface area (Å²) in [6.45, 7) is 1.94. The van der Waals surface area contributed by atoms with Gasteiger partial charge in [0.05, 0.1) is 30.3 Å². The summed E-state index contributed by atoms with van der Waals surface area (Å²) in [6, 6.07) is 18.6. The standard InChI is InChI=1S/C26H22BrNO5/c1-15-7-10-18(11-8-15)28-23(16-5-4-6-19(13-16)32-2)22(25(30)26(28)31)24(29)17-9-12-21(33-3)20(27)14-17/h4-14,23,29H,1-3H3/b24-22-. The molecule has 1 saturated heterocycles. The minimum Gasteiger partial charge on any atom is -0.507 e. The van der Waals surface area contributed by atoms with Crippen LogP contribution in [-0.4, -0.2) is 31.0 Å². The molecule has 1 amide bonds. The van der Waals surface area contributed by atoms with Crippen LogP contribution in [-0.2, 0) is 9.59 Å². The first kappa shape index (κ1) is 22.6. The van der Waals surface area contributed by atoms with Crippen LogP contribution in [0, 0.1) is 6.92 Å². The van der Waals surface area contributed by atoms with Crippen molar-refractivity contribution in [1.82, 2.24) is 0 Å². The van der Waals surface area contributed by atoms with Crippen molar-refractivity contribution < 1.29 is 24.2 Å². The summed E-state index contributed by atoms with van der Waals surface area (Å²) in [5.74, 6) is -0.571. The van der Waals surface area contributed by atoms with Gasteiger partial charge in [0.15, 0.2) is 0 Å². The topological polar surface area (TPSA) is 76.1 Å². The molecule has 6 nitrogen and oxygen atoms in total. The van der Waals surface area contributed by atoms with Crippen LogP contribution < -0.4 is 14.4 Å². The molecule has 0 aliphatic carbocycles. The van der Waals surface area contributed by atoms with Gasteiger partial charge in [-0.15, -0.1) is 0 Å². The third-order valence-electron chi connectivity index (χ3n) is 5.59. The van der Waals surface area contributed by atoms with Crippen LogP contribution in [0.2, 0.25) is 0 Å². The number of hydrogen-bond acceptors (Lipinski definition) is 5. The fourth-order valence-corrected chi connectivity index (χ4v) is 4.44. The lowest BCUT2D eigenvalue weighted by atomic mass is 9.95. The van der Waals surface area contributed by atoms with E-state index in [0.717, 1.165) is 5.56 Å². The van der Waals surface area contributed by atoms with Crippen molar-refractivity contribution in [2.45, 2.75) is 13.0 Å². The Bertz CT molecular complexity index is 1270. The quantitative estimate of drug-likeness (QED) is 0.284. The highest BCUT2D eigenvalue weighted by Gasteiger charge is 2.47. The Balaban J connectivity index is 1.94. The van der Waals surface area contributed by atoms with E-state index in [2.05, 4.69) is 15.9 Å². The molecular weight excluding hydrogens is 486 g/mol. The summed E-state index contributed by atoms with van der Waals surface area (Å²) in [5.41, 5.74) is 2.62. The average Bonchev–Trinajstić information content (AvgIpc) is 3.09. The molecule has 1 atom stereocenters. The second kappa shape index (κ2) is 9.11. The van der Waals surface area contributed by atoms with Crippen molar-refractivity contribution in [2.24, 2.45) is 0 Å². The predicted molar refractivity (Wildman–Crippen MR) is 130 cm³/mol. The molecule has 1 heterocycles. The molecule has 1 aliphatic heterocycles. The van der Waals surface area contributed by atoms with Crippen LogP contribution in [0.3, 0.4) is 0 Å². The Hall–Kier alpha value is -3.58. The fourth-order valence-electron chi connectivity index (χ4n) is 3.90. The SMILES string of the molecule is COc1cccc(C2/C(=C(/O)c3ccc(OC)c(Br)c3)C(=O)C(=O)N2c2ccc(C)cc2)c1. The highest BCUT2D eigenvalue weighted by Crippen LogP contribution is 2.43. The number of methoxy groups -OCH3 is 2. The number of ether oxygens (including phenoxy) is 2. The van der Waals surface area contributed by atoms with E-state index in [9.17, 15) is 14.7 Å². The lowest BCUT2D eigenvalue weighted by molar-refractivity contribution is -0.132. The molecule has 1 unspecified atom stereocenters. The number of ketones is 1. The monoisotopic (exact) mass is 507 g/mol. The molecule has 7 heteroatoms. The Kier molecular flexibility index (Phi) is 6.24. The number of benzene rings is 3. The van der Waals surface area contributed by atoms with Gasteiger partial charge in [0.1, 0.15) is 17.3 Å². The minimum absolute atomic E-state index is 0.00546. The molecule has 0 saturated carbocycles. The molecule has 3 aromatic rings. The lowest BCUT2D eigenvalue weighted by Gasteiger charge is -2.26. The molecule has 4 rings (SSSR count). The number of nitrogens with zero attached hydrogens (tertiary/aromatic N) is 1. The van der Waals surface area contributed by atoms with Gasteiger partial charge in [0, 0.05) is 11.3 Å². The number of hydrogen-bond donors (Lipinski definition) is 1. The number of amides is 1. The number of aliphatic hydroxyl groups excluding tert-OH is 1. The first-order chi connectivity index (χ1) is 15.8. The summed E-state index contributed by atoms with van der Waals surface area (Å²) in [5, 5.41) is 11.3. The Morgan fingerprint density at radius 2 is 1.70 bits per heavy atom. The minimum atomic E-state index is -0.830. The van der Waals surface area contributed by atoms with E-state index < -0.39 is 17.7 Å². The second-order valence-corrected chi connectivity index (χ2v) is 8.48. The van der Waals surface area contributed by atoms with Gasteiger partial charge < -0.3 is 14.6 Å². The Morgan fingerprint density at radius 1 is 0.970 bits per heavy atom. The van der Waals surface area contributed by atoms with Crippen molar-refractivity contribution in [3.63, 3.8) is 0 Å². The molecular formula is C26H22BrNO5. The van der Waals surface area contributed by atoms with Crippen LogP contribution in [0.1, 0.15) is 22.7 Å². The fraction of sp³-hybridized carbons (Fsp3) is 0.154. The number of halogens is 1. The van der Waals surface area contributed by atoms with Gasteiger partial charge in [-0.25, -0.2) is 0 Å². The molecule has 0 spiro atoms. The van der Waals surface area contributed by atoms with Crippen molar-refractivity contribution in [3.05, 3.63) is 93.5 Å². The van der Waals surface area contributed by atoms with E-state index in [1.165, 1.54) is 12.0 Å².